The van der Waals surface area contributed by atoms with E-state index in [1.54, 1.807) is 61.1 Å². The van der Waals surface area contributed by atoms with Gasteiger partial charge in [0.1, 0.15) is 11.5 Å². The number of carbonyl (C=O) groups is 2. The van der Waals surface area contributed by atoms with E-state index in [1.165, 1.54) is 0 Å². The molecule has 1 heterocycles. The molecule has 3 aromatic rings. The van der Waals surface area contributed by atoms with Gasteiger partial charge in [-0.25, -0.2) is 0 Å². The number of fused-ring (bicyclic) bond motifs is 1. The molecular weight excluding hydrogens is 358 g/mol. The van der Waals surface area contributed by atoms with Gasteiger partial charge in [0.15, 0.2) is 0 Å². The van der Waals surface area contributed by atoms with Crippen molar-refractivity contribution in [2.45, 2.75) is 26.7 Å². The standard InChI is InChI=1S/C22H23NO5/c1-4-11-28-16-7-5-15(6-8-16)22(26)23-14(2)18(13-21(24)25)19-12-17(27-3)9-10-20(19)23/h5-10,12H,4,11,13H2,1-3H3,(H,24,25). The molecule has 28 heavy (non-hydrogen) atoms. The van der Waals surface area contributed by atoms with Crippen molar-refractivity contribution in [2.24, 2.45) is 0 Å². The zero-order chi connectivity index (χ0) is 20.3. The maximum Gasteiger partial charge on any atom is 0.307 e. The molecule has 0 radical (unpaired) electrons. The number of aliphatic carboxylic acids is 1. The van der Waals surface area contributed by atoms with E-state index in [-0.39, 0.29) is 12.3 Å². The molecule has 0 atom stereocenters. The van der Waals surface area contributed by atoms with Crippen LogP contribution in [-0.2, 0) is 11.2 Å². The van der Waals surface area contributed by atoms with Gasteiger partial charge in [-0.15, -0.1) is 0 Å². The number of carboxylic acid groups (broad SMARTS) is 1. The third-order valence-corrected chi connectivity index (χ3v) is 4.65. The number of benzene rings is 2. The number of ether oxygens (including phenoxy) is 2. The van der Waals surface area contributed by atoms with E-state index >= 15 is 0 Å². The van der Waals surface area contributed by atoms with Gasteiger partial charge < -0.3 is 14.6 Å². The van der Waals surface area contributed by atoms with Gasteiger partial charge in [0.2, 0.25) is 0 Å². The van der Waals surface area contributed by atoms with E-state index in [0.717, 1.165) is 6.42 Å². The largest absolute Gasteiger partial charge is 0.497 e. The Morgan fingerprint density at radius 3 is 2.36 bits per heavy atom. The highest BCUT2D eigenvalue weighted by molar-refractivity contribution is 6.05. The molecule has 0 saturated carbocycles. The summed E-state index contributed by atoms with van der Waals surface area (Å²) in [6.07, 6.45) is 0.741. The minimum Gasteiger partial charge on any atom is -0.497 e. The maximum atomic E-state index is 13.2. The highest BCUT2D eigenvalue weighted by Gasteiger charge is 2.21. The van der Waals surface area contributed by atoms with Crippen molar-refractivity contribution in [1.29, 1.82) is 0 Å². The highest BCUT2D eigenvalue weighted by Crippen LogP contribution is 2.30. The molecule has 2 aromatic carbocycles. The van der Waals surface area contributed by atoms with Crippen molar-refractivity contribution in [3.63, 3.8) is 0 Å². The lowest BCUT2D eigenvalue weighted by molar-refractivity contribution is -0.136. The predicted octanol–water partition coefficient (Wildman–Crippen LogP) is 4.06. The van der Waals surface area contributed by atoms with Crippen molar-refractivity contribution < 1.29 is 24.2 Å². The zero-order valence-corrected chi connectivity index (χ0v) is 16.2. The first-order chi connectivity index (χ1) is 13.5. The monoisotopic (exact) mass is 381 g/mol. The molecule has 1 aromatic heterocycles. The first-order valence-corrected chi connectivity index (χ1v) is 9.13. The molecule has 0 fully saturated rings. The number of hydrogen-bond acceptors (Lipinski definition) is 4. The fraction of sp³-hybridized carbons (Fsp3) is 0.273. The molecule has 1 N–H and O–H groups in total. The highest BCUT2D eigenvalue weighted by atomic mass is 16.5. The lowest BCUT2D eigenvalue weighted by atomic mass is 10.1. The Kier molecular flexibility index (Phi) is 5.68. The number of carboxylic acids is 1. The Morgan fingerprint density at radius 2 is 1.75 bits per heavy atom. The van der Waals surface area contributed by atoms with Crippen LogP contribution < -0.4 is 9.47 Å². The Hall–Kier alpha value is -3.28. The summed E-state index contributed by atoms with van der Waals surface area (Å²) in [4.78, 5) is 24.6. The fourth-order valence-corrected chi connectivity index (χ4v) is 3.27. The van der Waals surface area contributed by atoms with Gasteiger partial charge in [0, 0.05) is 16.6 Å². The lowest BCUT2D eigenvalue weighted by Crippen LogP contribution is -2.14. The van der Waals surface area contributed by atoms with Crippen LogP contribution in [-0.4, -0.2) is 35.3 Å². The third kappa shape index (κ3) is 3.71. The van der Waals surface area contributed by atoms with E-state index in [1.807, 2.05) is 6.92 Å². The molecule has 0 spiro atoms. The molecule has 0 aliphatic carbocycles. The lowest BCUT2D eigenvalue weighted by Gasteiger charge is -2.09. The second-order valence-electron chi connectivity index (χ2n) is 6.53. The van der Waals surface area contributed by atoms with Gasteiger partial charge in [-0.05, 0) is 61.4 Å². The zero-order valence-electron chi connectivity index (χ0n) is 16.2. The van der Waals surface area contributed by atoms with Gasteiger partial charge in [0.25, 0.3) is 5.91 Å². The Morgan fingerprint density at radius 1 is 1.07 bits per heavy atom. The summed E-state index contributed by atoms with van der Waals surface area (Å²) in [6.45, 7) is 4.41. The SMILES string of the molecule is CCCOc1ccc(C(=O)n2c(C)c(CC(=O)O)c3cc(OC)ccc32)cc1. The number of rotatable bonds is 7. The molecule has 0 bridgehead atoms. The molecule has 146 valence electrons. The average molecular weight is 381 g/mol. The van der Waals surface area contributed by atoms with E-state index in [2.05, 4.69) is 0 Å². The molecular formula is C22H23NO5. The van der Waals surface area contributed by atoms with Crippen molar-refractivity contribution >= 4 is 22.8 Å². The van der Waals surface area contributed by atoms with Crippen LogP contribution >= 0.6 is 0 Å². The molecule has 0 saturated heterocycles. The summed E-state index contributed by atoms with van der Waals surface area (Å²) in [5.74, 6) is 0.158. The molecule has 6 heteroatoms. The van der Waals surface area contributed by atoms with Crippen LogP contribution in [0.2, 0.25) is 0 Å². The summed E-state index contributed by atoms with van der Waals surface area (Å²) in [5, 5.41) is 10.0. The minimum absolute atomic E-state index is 0.167. The molecule has 3 rings (SSSR count). The Bertz CT molecular complexity index is 1020. The summed E-state index contributed by atoms with van der Waals surface area (Å²) in [7, 11) is 1.55. The van der Waals surface area contributed by atoms with Crippen LogP contribution in [0.4, 0.5) is 0 Å². The smallest absolute Gasteiger partial charge is 0.307 e. The van der Waals surface area contributed by atoms with Gasteiger partial charge in [-0.2, -0.15) is 0 Å². The Balaban J connectivity index is 2.07. The predicted molar refractivity (Wildman–Crippen MR) is 107 cm³/mol. The summed E-state index contributed by atoms with van der Waals surface area (Å²) in [6, 6.07) is 12.3. The maximum absolute atomic E-state index is 13.2. The van der Waals surface area contributed by atoms with Gasteiger partial charge in [0.05, 0.1) is 25.7 Å². The number of hydrogen-bond donors (Lipinski definition) is 1. The topological polar surface area (TPSA) is 77.8 Å². The van der Waals surface area contributed by atoms with E-state index in [0.29, 0.717) is 45.8 Å². The van der Waals surface area contributed by atoms with Crippen LogP contribution in [0.25, 0.3) is 10.9 Å². The number of nitrogens with zero attached hydrogens (tertiary/aromatic N) is 1. The molecule has 0 unspecified atom stereocenters. The number of aromatic nitrogens is 1. The molecule has 6 nitrogen and oxygen atoms in total. The van der Waals surface area contributed by atoms with Crippen LogP contribution in [0, 0.1) is 6.92 Å². The third-order valence-electron chi connectivity index (χ3n) is 4.65. The summed E-state index contributed by atoms with van der Waals surface area (Å²) >= 11 is 0. The van der Waals surface area contributed by atoms with E-state index in [9.17, 15) is 14.7 Å². The summed E-state index contributed by atoms with van der Waals surface area (Å²) in [5.41, 5.74) is 2.38. The number of methoxy groups -OCH3 is 1. The molecule has 0 amide bonds. The van der Waals surface area contributed by atoms with Crippen molar-refractivity contribution in [3.05, 3.63) is 59.3 Å². The second kappa shape index (κ2) is 8.17. The number of carbonyl (C=O) groups excluding carboxylic acids is 1. The van der Waals surface area contributed by atoms with Crippen LogP contribution in [0.3, 0.4) is 0 Å². The van der Waals surface area contributed by atoms with Crippen molar-refractivity contribution in [3.8, 4) is 11.5 Å². The van der Waals surface area contributed by atoms with E-state index < -0.39 is 5.97 Å². The average Bonchev–Trinajstić information content (AvgIpc) is 2.96. The van der Waals surface area contributed by atoms with Gasteiger partial charge in [-0.1, -0.05) is 6.92 Å². The minimum atomic E-state index is -0.949. The summed E-state index contributed by atoms with van der Waals surface area (Å²) < 4.78 is 12.4. The van der Waals surface area contributed by atoms with Crippen LogP contribution in [0.1, 0.15) is 35.0 Å². The van der Waals surface area contributed by atoms with Crippen LogP contribution in [0.5, 0.6) is 11.5 Å². The van der Waals surface area contributed by atoms with Gasteiger partial charge >= 0.3 is 5.97 Å². The van der Waals surface area contributed by atoms with Crippen molar-refractivity contribution in [2.75, 3.05) is 13.7 Å². The first-order valence-electron chi connectivity index (χ1n) is 9.13. The van der Waals surface area contributed by atoms with Crippen LogP contribution in [0.15, 0.2) is 42.5 Å². The van der Waals surface area contributed by atoms with Gasteiger partial charge in [-0.3, -0.25) is 14.2 Å². The van der Waals surface area contributed by atoms with Crippen molar-refractivity contribution in [1.82, 2.24) is 4.57 Å². The second-order valence-corrected chi connectivity index (χ2v) is 6.53. The first kappa shape index (κ1) is 19.5. The normalized spacial score (nSPS) is 10.8. The van der Waals surface area contributed by atoms with E-state index in [4.69, 9.17) is 9.47 Å². The molecule has 0 aliphatic rings. The fourth-order valence-electron chi connectivity index (χ4n) is 3.27. The Labute approximate surface area is 163 Å². The molecule has 0 aliphatic heterocycles. The quantitative estimate of drug-likeness (QED) is 0.668.